The van der Waals surface area contributed by atoms with Gasteiger partial charge in [0, 0.05) is 24.5 Å². The summed E-state index contributed by atoms with van der Waals surface area (Å²) in [6.07, 6.45) is 3.82. The van der Waals surface area contributed by atoms with Crippen LogP contribution < -0.4 is 16.0 Å². The van der Waals surface area contributed by atoms with E-state index in [4.69, 9.17) is 5.73 Å². The minimum Gasteiger partial charge on any atom is -0.367 e. The van der Waals surface area contributed by atoms with Crippen molar-refractivity contribution in [2.45, 2.75) is 25.4 Å². The van der Waals surface area contributed by atoms with Gasteiger partial charge in [-0.3, -0.25) is 4.79 Å². The molecule has 3 rings (SSSR count). The van der Waals surface area contributed by atoms with E-state index in [9.17, 15) is 4.79 Å². The highest BCUT2D eigenvalue weighted by Gasteiger charge is 2.18. The van der Waals surface area contributed by atoms with E-state index in [0.29, 0.717) is 6.42 Å². The largest absolute Gasteiger partial charge is 0.367 e. The molecule has 5 heteroatoms. The Morgan fingerprint density at radius 1 is 1.24 bits per heavy atom. The van der Waals surface area contributed by atoms with E-state index in [2.05, 4.69) is 46.6 Å². The second-order valence-corrected chi connectivity index (χ2v) is 7.36. The van der Waals surface area contributed by atoms with E-state index >= 15 is 0 Å². The fourth-order valence-corrected chi connectivity index (χ4v) is 3.59. The van der Waals surface area contributed by atoms with Gasteiger partial charge >= 0.3 is 0 Å². The molecule has 1 amide bonds. The number of anilines is 2. The van der Waals surface area contributed by atoms with Crippen molar-refractivity contribution in [2.75, 3.05) is 28.8 Å². The molecule has 25 heavy (non-hydrogen) atoms. The number of nitrogens with zero attached hydrogens (tertiary/aromatic N) is 1. The number of carbonyl (C=O) groups is 1. The zero-order valence-electron chi connectivity index (χ0n) is 14.6. The minimum atomic E-state index is -0.451. The maximum Gasteiger partial charge on any atom is 0.241 e. The third kappa shape index (κ3) is 4.55. The van der Waals surface area contributed by atoms with Gasteiger partial charge in [-0.2, -0.15) is 11.8 Å². The van der Waals surface area contributed by atoms with Crippen molar-refractivity contribution in [3.63, 3.8) is 0 Å². The highest BCUT2D eigenvalue weighted by atomic mass is 32.2. The van der Waals surface area contributed by atoms with Crippen molar-refractivity contribution >= 4 is 29.0 Å². The molecule has 0 saturated heterocycles. The van der Waals surface area contributed by atoms with E-state index in [-0.39, 0.29) is 5.91 Å². The van der Waals surface area contributed by atoms with Gasteiger partial charge in [0.15, 0.2) is 0 Å². The molecule has 2 aromatic carbocycles. The summed E-state index contributed by atoms with van der Waals surface area (Å²) in [4.78, 5) is 14.5. The first-order valence-electron chi connectivity index (χ1n) is 8.64. The molecule has 1 atom stereocenters. The lowest BCUT2D eigenvalue weighted by molar-refractivity contribution is -0.117. The Labute approximate surface area is 153 Å². The lowest BCUT2D eigenvalue weighted by Gasteiger charge is -2.19. The molecule has 3 N–H and O–H groups in total. The summed E-state index contributed by atoms with van der Waals surface area (Å²) < 4.78 is 0. The Hall–Kier alpha value is -1.98. The number of para-hydroxylation sites is 1. The van der Waals surface area contributed by atoms with Crippen molar-refractivity contribution in [3.8, 4) is 0 Å². The summed E-state index contributed by atoms with van der Waals surface area (Å²) in [5.74, 6) is 0.778. The van der Waals surface area contributed by atoms with Gasteiger partial charge in [-0.05, 0) is 54.2 Å². The van der Waals surface area contributed by atoms with Gasteiger partial charge < -0.3 is 16.0 Å². The Bertz CT molecular complexity index is 717. The van der Waals surface area contributed by atoms with Crippen LogP contribution in [0.1, 0.15) is 17.5 Å². The van der Waals surface area contributed by atoms with E-state index < -0.39 is 6.04 Å². The number of benzene rings is 2. The number of amides is 1. The van der Waals surface area contributed by atoms with Crippen molar-refractivity contribution in [1.29, 1.82) is 0 Å². The number of carbonyl (C=O) groups excluding carboxylic acids is 1. The van der Waals surface area contributed by atoms with Crippen LogP contribution in [0.3, 0.4) is 0 Å². The molecule has 0 spiro atoms. The van der Waals surface area contributed by atoms with Gasteiger partial charge in [-0.25, -0.2) is 0 Å². The zero-order chi connectivity index (χ0) is 17.6. The van der Waals surface area contributed by atoms with Gasteiger partial charge in [0.25, 0.3) is 0 Å². The molecule has 0 bridgehead atoms. The average molecular weight is 356 g/mol. The number of hydrogen-bond donors (Lipinski definition) is 2. The molecule has 0 aromatic heterocycles. The molecule has 0 radical (unpaired) electrons. The summed E-state index contributed by atoms with van der Waals surface area (Å²) in [7, 11) is 0. The minimum absolute atomic E-state index is 0.115. The fraction of sp³-hybridized carbons (Fsp3) is 0.350. The van der Waals surface area contributed by atoms with Crippen LogP contribution in [0.15, 0.2) is 48.5 Å². The Morgan fingerprint density at radius 3 is 2.76 bits per heavy atom. The average Bonchev–Trinajstić information content (AvgIpc) is 3.04. The van der Waals surface area contributed by atoms with Crippen LogP contribution in [-0.2, 0) is 17.8 Å². The van der Waals surface area contributed by atoms with Gasteiger partial charge in [-0.15, -0.1) is 0 Å². The molecule has 0 saturated carbocycles. The number of nitrogens with two attached hydrogens (primary N) is 1. The van der Waals surface area contributed by atoms with Crippen LogP contribution in [0.4, 0.5) is 11.4 Å². The number of thioether (sulfide) groups is 1. The van der Waals surface area contributed by atoms with Crippen molar-refractivity contribution in [2.24, 2.45) is 5.73 Å². The lowest BCUT2D eigenvalue weighted by Crippen LogP contribution is -2.36. The summed E-state index contributed by atoms with van der Waals surface area (Å²) in [6.45, 7) is 1.95. The van der Waals surface area contributed by atoms with Crippen LogP contribution in [0.25, 0.3) is 0 Å². The summed E-state index contributed by atoms with van der Waals surface area (Å²) in [5, 5.41) is 2.90. The molecule has 1 heterocycles. The molecule has 2 aromatic rings. The molecule has 0 fully saturated rings. The summed E-state index contributed by atoms with van der Waals surface area (Å²) in [6, 6.07) is 16.2. The number of fused-ring (bicyclic) bond motifs is 1. The van der Waals surface area contributed by atoms with E-state index in [0.717, 1.165) is 31.0 Å². The topological polar surface area (TPSA) is 58.4 Å². The quantitative estimate of drug-likeness (QED) is 0.800. The van der Waals surface area contributed by atoms with Gasteiger partial charge in [0.05, 0.1) is 6.04 Å². The van der Waals surface area contributed by atoms with Crippen LogP contribution in [-0.4, -0.2) is 30.5 Å². The second-order valence-electron chi connectivity index (χ2n) is 6.37. The fourth-order valence-electron chi connectivity index (χ4n) is 3.10. The molecule has 1 aliphatic heterocycles. The molecule has 4 nitrogen and oxygen atoms in total. The highest BCUT2D eigenvalue weighted by Crippen LogP contribution is 2.28. The Kier molecular flexibility index (Phi) is 6.00. The first kappa shape index (κ1) is 17.8. The summed E-state index contributed by atoms with van der Waals surface area (Å²) >= 11 is 1.70. The molecule has 132 valence electrons. The van der Waals surface area contributed by atoms with E-state index in [1.54, 1.807) is 11.8 Å². The monoisotopic (exact) mass is 355 g/mol. The normalized spacial score (nSPS) is 14.2. The summed E-state index contributed by atoms with van der Waals surface area (Å²) in [5.41, 5.74) is 10.7. The third-order valence-electron chi connectivity index (χ3n) is 4.55. The van der Waals surface area contributed by atoms with Crippen molar-refractivity contribution < 1.29 is 4.79 Å². The third-order valence-corrected chi connectivity index (χ3v) is 5.19. The van der Waals surface area contributed by atoms with Crippen LogP contribution in [0.5, 0.6) is 0 Å². The molecule has 0 unspecified atom stereocenters. The van der Waals surface area contributed by atoms with Gasteiger partial charge in [-0.1, -0.05) is 30.3 Å². The van der Waals surface area contributed by atoms with Gasteiger partial charge in [0.2, 0.25) is 5.91 Å². The number of hydrogen-bond acceptors (Lipinski definition) is 4. The Morgan fingerprint density at radius 2 is 2.00 bits per heavy atom. The number of nitrogens with one attached hydrogen (secondary N) is 1. The molecule has 0 aliphatic carbocycles. The predicted octanol–water partition coefficient (Wildman–Crippen LogP) is 3.27. The standard InChI is InChI=1S/C20H25N3OS/c1-25-13-11-18(21)20(24)22-17-8-6-15(7-9-17)14-23-12-10-16-4-2-3-5-19(16)23/h2-9,18H,10-14,21H2,1H3,(H,22,24)/t18-/m0/s1. The molecule has 1 aliphatic rings. The first-order chi connectivity index (χ1) is 12.2. The molecular formula is C20H25N3OS. The van der Waals surface area contributed by atoms with Crippen molar-refractivity contribution in [1.82, 2.24) is 0 Å². The highest BCUT2D eigenvalue weighted by molar-refractivity contribution is 7.98. The maximum absolute atomic E-state index is 12.1. The maximum atomic E-state index is 12.1. The van der Waals surface area contributed by atoms with Gasteiger partial charge in [0.1, 0.15) is 0 Å². The smallest absolute Gasteiger partial charge is 0.241 e. The van der Waals surface area contributed by atoms with E-state index in [1.165, 1.54) is 16.8 Å². The second kappa shape index (κ2) is 8.41. The van der Waals surface area contributed by atoms with Crippen LogP contribution in [0, 0.1) is 0 Å². The van der Waals surface area contributed by atoms with E-state index in [1.807, 2.05) is 18.4 Å². The SMILES string of the molecule is CSCC[C@H](N)C(=O)Nc1ccc(CN2CCc3ccccc32)cc1. The molecular weight excluding hydrogens is 330 g/mol. The first-order valence-corrected chi connectivity index (χ1v) is 10.0. The lowest BCUT2D eigenvalue weighted by atomic mass is 10.1. The predicted molar refractivity (Wildman–Crippen MR) is 107 cm³/mol. The number of rotatable bonds is 7. The van der Waals surface area contributed by atoms with Crippen LogP contribution in [0.2, 0.25) is 0 Å². The van der Waals surface area contributed by atoms with Crippen LogP contribution >= 0.6 is 11.8 Å². The zero-order valence-corrected chi connectivity index (χ0v) is 15.4. The van der Waals surface area contributed by atoms with Crippen molar-refractivity contribution in [3.05, 3.63) is 59.7 Å². The Balaban J connectivity index is 1.57.